The predicted octanol–water partition coefficient (Wildman–Crippen LogP) is 7.26. The van der Waals surface area contributed by atoms with E-state index in [4.69, 9.17) is 9.97 Å². The van der Waals surface area contributed by atoms with Gasteiger partial charge in [-0.15, -0.1) is 0 Å². The summed E-state index contributed by atoms with van der Waals surface area (Å²) in [5.74, 6) is 0.728. The molecule has 2 heterocycles. The summed E-state index contributed by atoms with van der Waals surface area (Å²) >= 11 is 0. The van der Waals surface area contributed by atoms with E-state index in [-0.39, 0.29) is 0 Å². The van der Waals surface area contributed by atoms with Crippen LogP contribution in [-0.4, -0.2) is 19.5 Å². The van der Waals surface area contributed by atoms with Crippen LogP contribution in [0.5, 0.6) is 0 Å². The highest BCUT2D eigenvalue weighted by molar-refractivity contribution is 5.82. The summed E-state index contributed by atoms with van der Waals surface area (Å²) in [5, 5.41) is 0. The lowest BCUT2D eigenvalue weighted by atomic mass is 10.0. The van der Waals surface area contributed by atoms with E-state index in [1.54, 1.807) is 0 Å². The highest BCUT2D eigenvalue weighted by Crippen LogP contribution is 2.35. The van der Waals surface area contributed by atoms with Crippen molar-refractivity contribution < 1.29 is 0 Å². The van der Waals surface area contributed by atoms with Crippen LogP contribution in [0.4, 0.5) is 0 Å². The second-order valence-corrected chi connectivity index (χ2v) is 8.06. The zero-order valence-electron chi connectivity index (χ0n) is 18.5. The molecule has 0 atom stereocenters. The van der Waals surface area contributed by atoms with Crippen molar-refractivity contribution in [1.29, 1.82) is 0 Å². The molecule has 0 aliphatic heterocycles. The molecule has 4 aromatic carbocycles. The number of benzene rings is 4. The third-order valence-electron chi connectivity index (χ3n) is 5.89. The van der Waals surface area contributed by atoms with Gasteiger partial charge < -0.3 is 4.98 Å². The highest BCUT2D eigenvalue weighted by Gasteiger charge is 2.20. The molecule has 0 saturated heterocycles. The topological polar surface area (TPSA) is 46.5 Å². The van der Waals surface area contributed by atoms with Crippen LogP contribution >= 0.6 is 0 Å². The van der Waals surface area contributed by atoms with Crippen LogP contribution in [0.25, 0.3) is 51.0 Å². The fourth-order valence-corrected chi connectivity index (χ4v) is 4.28. The van der Waals surface area contributed by atoms with Gasteiger partial charge in [0, 0.05) is 22.3 Å². The van der Waals surface area contributed by atoms with Gasteiger partial charge in [0.25, 0.3) is 0 Å². The largest absolute Gasteiger partial charge is 0.323 e. The van der Waals surface area contributed by atoms with Gasteiger partial charge >= 0.3 is 0 Å². The van der Waals surface area contributed by atoms with Crippen LogP contribution in [0.3, 0.4) is 0 Å². The Balaban J connectivity index is 1.59. The first-order valence-corrected chi connectivity index (χ1v) is 11.3. The van der Waals surface area contributed by atoms with Gasteiger partial charge in [0.2, 0.25) is 5.95 Å². The molecule has 0 aliphatic carbocycles. The van der Waals surface area contributed by atoms with Crippen molar-refractivity contribution in [3.05, 3.63) is 128 Å². The quantitative estimate of drug-likeness (QED) is 0.308. The molecule has 4 nitrogen and oxygen atoms in total. The summed E-state index contributed by atoms with van der Waals surface area (Å²) in [6.45, 7) is 0. The first-order chi connectivity index (χ1) is 16.9. The Morgan fingerprint density at radius 1 is 0.500 bits per heavy atom. The molecule has 0 fully saturated rings. The van der Waals surface area contributed by atoms with Crippen molar-refractivity contribution in [2.45, 2.75) is 0 Å². The van der Waals surface area contributed by atoms with Crippen molar-refractivity contribution in [2.24, 2.45) is 0 Å². The number of hydrogen-bond acceptors (Lipinski definition) is 2. The number of H-pyrrole nitrogens is 1. The summed E-state index contributed by atoms with van der Waals surface area (Å²) < 4.78 is 2.05. The Morgan fingerprint density at radius 2 is 0.971 bits per heavy atom. The minimum absolute atomic E-state index is 0.728. The molecular formula is C30H22N4. The van der Waals surface area contributed by atoms with Crippen LogP contribution in [0.15, 0.2) is 128 Å². The van der Waals surface area contributed by atoms with Gasteiger partial charge in [-0.05, 0) is 0 Å². The molecule has 2 aromatic heterocycles. The van der Waals surface area contributed by atoms with E-state index in [1.807, 2.05) is 79.1 Å². The first kappa shape index (κ1) is 19.9. The number of rotatable bonds is 5. The molecule has 162 valence electrons. The van der Waals surface area contributed by atoms with E-state index in [0.717, 1.165) is 51.0 Å². The average Bonchev–Trinajstić information content (AvgIpc) is 3.56. The number of nitrogens with one attached hydrogen (secondary N) is 1. The zero-order valence-corrected chi connectivity index (χ0v) is 18.5. The summed E-state index contributed by atoms with van der Waals surface area (Å²) in [5.41, 5.74) is 8.12. The van der Waals surface area contributed by atoms with Gasteiger partial charge in [-0.1, -0.05) is 121 Å². The van der Waals surface area contributed by atoms with Crippen molar-refractivity contribution >= 4 is 0 Å². The van der Waals surface area contributed by atoms with Gasteiger partial charge in [0.1, 0.15) is 6.33 Å². The SMILES string of the molecule is c1ccc(-c2nc(-n3cnc(-c4ccccc4)c3-c3ccccc3)[nH]c2-c2ccccc2)cc1. The smallest absolute Gasteiger partial charge is 0.214 e. The summed E-state index contributed by atoms with van der Waals surface area (Å²) in [7, 11) is 0. The normalized spacial score (nSPS) is 10.9. The van der Waals surface area contributed by atoms with Crippen LogP contribution in [0, 0.1) is 0 Å². The Bertz CT molecular complexity index is 1460. The zero-order chi connectivity index (χ0) is 22.7. The predicted molar refractivity (Wildman–Crippen MR) is 137 cm³/mol. The standard InChI is InChI=1S/C30H22N4/c1-5-13-22(14-6-1)26-27(23-15-7-2-8-16-23)33-30(32-26)34-21-31-28(24-17-9-3-10-18-24)29(34)25-19-11-4-12-20-25/h1-21H,(H,32,33). The summed E-state index contributed by atoms with van der Waals surface area (Å²) in [4.78, 5) is 13.5. The van der Waals surface area contributed by atoms with E-state index in [0.29, 0.717) is 0 Å². The Labute approximate surface area is 198 Å². The second kappa shape index (κ2) is 8.68. The molecule has 0 saturated carbocycles. The Kier molecular flexibility index (Phi) is 5.09. The number of hydrogen-bond donors (Lipinski definition) is 1. The van der Waals surface area contributed by atoms with E-state index in [2.05, 4.69) is 58.1 Å². The molecule has 0 unspecified atom stereocenters. The van der Waals surface area contributed by atoms with Crippen molar-refractivity contribution in [3.8, 4) is 51.0 Å². The number of aromatic amines is 1. The molecule has 34 heavy (non-hydrogen) atoms. The van der Waals surface area contributed by atoms with Gasteiger partial charge in [-0.25, -0.2) is 9.97 Å². The van der Waals surface area contributed by atoms with Crippen molar-refractivity contribution in [3.63, 3.8) is 0 Å². The van der Waals surface area contributed by atoms with Gasteiger partial charge in [-0.2, -0.15) is 0 Å². The third-order valence-corrected chi connectivity index (χ3v) is 5.89. The summed E-state index contributed by atoms with van der Waals surface area (Å²) in [6, 6.07) is 41.2. The van der Waals surface area contributed by atoms with E-state index < -0.39 is 0 Å². The minimum atomic E-state index is 0.728. The molecule has 0 spiro atoms. The second-order valence-electron chi connectivity index (χ2n) is 8.06. The van der Waals surface area contributed by atoms with Crippen LogP contribution in [0.1, 0.15) is 0 Å². The minimum Gasteiger partial charge on any atom is -0.323 e. The molecular weight excluding hydrogens is 416 g/mol. The molecule has 1 N–H and O–H groups in total. The van der Waals surface area contributed by atoms with Crippen LogP contribution in [-0.2, 0) is 0 Å². The lowest BCUT2D eigenvalue weighted by Crippen LogP contribution is -1.98. The fraction of sp³-hybridized carbons (Fsp3) is 0. The molecule has 0 radical (unpaired) electrons. The third kappa shape index (κ3) is 3.61. The highest BCUT2D eigenvalue weighted by atomic mass is 15.2. The molecule has 0 amide bonds. The van der Waals surface area contributed by atoms with E-state index >= 15 is 0 Å². The summed E-state index contributed by atoms with van der Waals surface area (Å²) in [6.07, 6.45) is 1.85. The van der Waals surface area contributed by atoms with E-state index in [1.165, 1.54) is 0 Å². The maximum absolute atomic E-state index is 5.09. The molecule has 0 bridgehead atoms. The van der Waals surface area contributed by atoms with Gasteiger partial charge in [-0.3, -0.25) is 4.57 Å². The molecule has 4 heteroatoms. The fourth-order valence-electron chi connectivity index (χ4n) is 4.28. The Hall–Kier alpha value is -4.70. The van der Waals surface area contributed by atoms with Gasteiger partial charge in [0.05, 0.1) is 22.8 Å². The number of imidazole rings is 2. The van der Waals surface area contributed by atoms with Crippen LogP contribution in [0.2, 0.25) is 0 Å². The average molecular weight is 439 g/mol. The molecule has 0 aliphatic rings. The first-order valence-electron chi connectivity index (χ1n) is 11.3. The van der Waals surface area contributed by atoms with Crippen LogP contribution < -0.4 is 0 Å². The Morgan fingerprint density at radius 3 is 1.53 bits per heavy atom. The van der Waals surface area contributed by atoms with E-state index in [9.17, 15) is 0 Å². The van der Waals surface area contributed by atoms with Crippen molar-refractivity contribution in [1.82, 2.24) is 19.5 Å². The van der Waals surface area contributed by atoms with Crippen molar-refractivity contribution in [2.75, 3.05) is 0 Å². The maximum Gasteiger partial charge on any atom is 0.214 e. The lowest BCUT2D eigenvalue weighted by Gasteiger charge is -2.08. The van der Waals surface area contributed by atoms with Gasteiger partial charge in [0.15, 0.2) is 0 Å². The number of nitrogens with zero attached hydrogens (tertiary/aromatic N) is 3. The maximum atomic E-state index is 5.09. The molecule has 6 rings (SSSR count). The lowest BCUT2D eigenvalue weighted by molar-refractivity contribution is 0.968. The number of aromatic nitrogens is 4. The molecule has 6 aromatic rings. The monoisotopic (exact) mass is 438 g/mol.